The van der Waals surface area contributed by atoms with Crippen LogP contribution in [0.15, 0.2) is 29.2 Å². The minimum Gasteiger partial charge on any atom is -0.466 e. The van der Waals surface area contributed by atoms with E-state index < -0.39 is 0 Å². The molecule has 2 aromatic rings. The number of benzene rings is 1. The van der Waals surface area contributed by atoms with Crippen molar-refractivity contribution in [3.63, 3.8) is 0 Å². The average molecular weight is 455 g/mol. The second kappa shape index (κ2) is 9.84. The fourth-order valence-corrected chi connectivity index (χ4v) is 7.05. The van der Waals surface area contributed by atoms with Crippen LogP contribution in [0, 0.1) is 18.8 Å². The number of unbranched alkanes of at least 4 members (excludes halogenated alkanes) is 1. The van der Waals surface area contributed by atoms with E-state index in [2.05, 4.69) is 70.7 Å². The van der Waals surface area contributed by atoms with E-state index in [0.717, 1.165) is 36.1 Å². The highest BCUT2D eigenvalue weighted by Gasteiger charge is 2.38. The number of ether oxygens (including phenoxy) is 1. The van der Waals surface area contributed by atoms with Gasteiger partial charge < -0.3 is 4.74 Å². The molecule has 2 nitrogen and oxygen atoms in total. The van der Waals surface area contributed by atoms with E-state index in [1.807, 2.05) is 18.7 Å². The van der Waals surface area contributed by atoms with Gasteiger partial charge in [-0.05, 0) is 80.3 Å². The van der Waals surface area contributed by atoms with Crippen molar-refractivity contribution >= 4 is 29.1 Å². The van der Waals surface area contributed by atoms with Gasteiger partial charge in [0.2, 0.25) is 0 Å². The number of aryl methyl sites for hydroxylation is 2. The summed E-state index contributed by atoms with van der Waals surface area (Å²) in [5.41, 5.74) is 3.98. The van der Waals surface area contributed by atoms with Gasteiger partial charge in [-0.25, -0.2) is 0 Å². The quantitative estimate of drug-likeness (QED) is 0.260. The number of hydrogen-bond acceptors (Lipinski definition) is 4. The molecule has 0 N–H and O–H groups in total. The summed E-state index contributed by atoms with van der Waals surface area (Å²) in [5.74, 6) is 6.73. The van der Waals surface area contributed by atoms with Crippen LogP contribution in [-0.4, -0.2) is 17.3 Å². The molecule has 0 bridgehead atoms. The molecule has 0 unspecified atom stereocenters. The van der Waals surface area contributed by atoms with E-state index in [1.54, 1.807) is 11.3 Å². The lowest BCUT2D eigenvalue weighted by Gasteiger charge is -2.42. The Balaban J connectivity index is 1.67. The van der Waals surface area contributed by atoms with Crippen molar-refractivity contribution in [3.05, 3.63) is 50.7 Å². The summed E-state index contributed by atoms with van der Waals surface area (Å²) in [6, 6.07) is 8.94. The number of fused-ring (bicyclic) bond motifs is 1. The Labute approximate surface area is 196 Å². The predicted octanol–water partition coefficient (Wildman–Crippen LogP) is 7.28. The van der Waals surface area contributed by atoms with Crippen LogP contribution < -0.4 is 0 Å². The van der Waals surface area contributed by atoms with Crippen LogP contribution in [0.4, 0.5) is 0 Å². The molecule has 0 spiro atoms. The van der Waals surface area contributed by atoms with Crippen LogP contribution in [-0.2, 0) is 21.4 Å². The van der Waals surface area contributed by atoms with E-state index in [9.17, 15) is 4.79 Å². The largest absolute Gasteiger partial charge is 0.466 e. The Morgan fingerprint density at radius 1 is 1.13 bits per heavy atom. The molecular weight excluding hydrogens is 420 g/mol. The van der Waals surface area contributed by atoms with Crippen molar-refractivity contribution < 1.29 is 9.53 Å². The molecule has 0 saturated heterocycles. The van der Waals surface area contributed by atoms with Crippen LogP contribution >= 0.6 is 23.1 Å². The predicted molar refractivity (Wildman–Crippen MR) is 133 cm³/mol. The number of rotatable bonds is 6. The normalized spacial score (nSPS) is 16.2. The van der Waals surface area contributed by atoms with Gasteiger partial charge in [-0.15, -0.1) is 23.1 Å². The molecule has 1 aliphatic heterocycles. The first-order chi connectivity index (χ1) is 14.6. The van der Waals surface area contributed by atoms with Crippen molar-refractivity contribution in [3.8, 4) is 11.8 Å². The molecule has 0 radical (unpaired) electrons. The maximum atomic E-state index is 11.4. The molecule has 31 heavy (non-hydrogen) atoms. The van der Waals surface area contributed by atoms with Gasteiger partial charge in [0.1, 0.15) is 0 Å². The van der Waals surface area contributed by atoms with Crippen molar-refractivity contribution in [1.29, 1.82) is 0 Å². The first-order valence-electron chi connectivity index (χ1n) is 11.2. The molecule has 0 saturated carbocycles. The Morgan fingerprint density at radius 2 is 1.90 bits per heavy atom. The van der Waals surface area contributed by atoms with Gasteiger partial charge in [-0.3, -0.25) is 4.79 Å². The second-order valence-corrected chi connectivity index (χ2v) is 12.5. The average Bonchev–Trinajstić information content (AvgIpc) is 3.10. The summed E-state index contributed by atoms with van der Waals surface area (Å²) >= 11 is 3.76. The summed E-state index contributed by atoms with van der Waals surface area (Å²) in [6.07, 6.45) is 4.54. The van der Waals surface area contributed by atoms with E-state index in [-0.39, 0.29) is 16.1 Å². The number of thiophene rings is 1. The van der Waals surface area contributed by atoms with Crippen LogP contribution in [0.25, 0.3) is 0 Å². The van der Waals surface area contributed by atoms with Crippen LogP contribution in [0.1, 0.15) is 86.7 Å². The smallest absolute Gasteiger partial charge is 0.305 e. The minimum atomic E-state index is -0.0919. The molecule has 166 valence electrons. The molecule has 1 aromatic carbocycles. The maximum Gasteiger partial charge on any atom is 0.305 e. The molecule has 3 rings (SSSR count). The summed E-state index contributed by atoms with van der Waals surface area (Å²) in [4.78, 5) is 15.3. The van der Waals surface area contributed by atoms with Crippen LogP contribution in [0.3, 0.4) is 0 Å². The van der Waals surface area contributed by atoms with Crippen molar-refractivity contribution in [2.24, 2.45) is 0 Å². The Bertz CT molecular complexity index is 1000. The number of carbonyl (C=O) groups excluding carboxylic acids is 1. The third kappa shape index (κ3) is 6.40. The third-order valence-corrected chi connectivity index (χ3v) is 7.97. The summed E-state index contributed by atoms with van der Waals surface area (Å²) in [5, 5.41) is 0. The monoisotopic (exact) mass is 454 g/mol. The lowest BCUT2D eigenvalue weighted by molar-refractivity contribution is -0.143. The first-order valence-corrected chi connectivity index (χ1v) is 12.8. The van der Waals surface area contributed by atoms with Gasteiger partial charge in [0.25, 0.3) is 0 Å². The highest BCUT2D eigenvalue weighted by atomic mass is 32.2. The van der Waals surface area contributed by atoms with E-state index in [1.165, 1.54) is 20.9 Å². The summed E-state index contributed by atoms with van der Waals surface area (Å²) in [7, 11) is 0. The van der Waals surface area contributed by atoms with Crippen LogP contribution in [0.5, 0.6) is 0 Å². The molecule has 1 aliphatic rings. The molecular formula is C27H34O2S2. The molecule has 0 aliphatic carbocycles. The van der Waals surface area contributed by atoms with Crippen molar-refractivity contribution in [2.45, 2.75) is 88.7 Å². The van der Waals surface area contributed by atoms with Gasteiger partial charge in [-0.1, -0.05) is 39.5 Å². The van der Waals surface area contributed by atoms with Gasteiger partial charge in [0, 0.05) is 26.5 Å². The topological polar surface area (TPSA) is 26.3 Å². The zero-order valence-corrected chi connectivity index (χ0v) is 21.3. The van der Waals surface area contributed by atoms with E-state index >= 15 is 0 Å². The number of thioether (sulfide) groups is 1. The minimum absolute atomic E-state index is 0.0919. The van der Waals surface area contributed by atoms with E-state index in [4.69, 9.17) is 4.74 Å². The highest BCUT2D eigenvalue weighted by Crippen LogP contribution is 2.51. The zero-order chi connectivity index (χ0) is 22.6. The Morgan fingerprint density at radius 3 is 2.65 bits per heavy atom. The molecule has 0 amide bonds. The van der Waals surface area contributed by atoms with E-state index in [0.29, 0.717) is 13.0 Å². The lowest BCUT2D eigenvalue weighted by Crippen LogP contribution is -2.33. The fourth-order valence-electron chi connectivity index (χ4n) is 4.43. The standard InChI is InChI=1S/C27H34O2S2/c1-7-29-25(28)11-9-8-10-21-14-15-22(30-21)13-12-20-17-23-24(16-19(20)2)31-27(5,6)18-26(23,3)4/h14-17H,7-11,18H2,1-6H3. The second-order valence-electron chi connectivity index (χ2n) is 9.61. The number of esters is 1. The Kier molecular flexibility index (Phi) is 7.60. The molecule has 0 atom stereocenters. The van der Waals surface area contributed by atoms with Crippen LogP contribution in [0.2, 0.25) is 0 Å². The maximum absolute atomic E-state index is 11.4. The zero-order valence-electron chi connectivity index (χ0n) is 19.7. The van der Waals surface area contributed by atoms with Crippen molar-refractivity contribution in [1.82, 2.24) is 0 Å². The third-order valence-electron chi connectivity index (χ3n) is 5.65. The number of carbonyl (C=O) groups is 1. The van der Waals surface area contributed by atoms with Gasteiger partial charge >= 0.3 is 5.97 Å². The Hall–Kier alpha value is -1.70. The number of hydrogen-bond donors (Lipinski definition) is 0. The highest BCUT2D eigenvalue weighted by molar-refractivity contribution is 8.00. The van der Waals surface area contributed by atoms with Gasteiger partial charge in [0.05, 0.1) is 11.5 Å². The SMILES string of the molecule is CCOC(=O)CCCCc1ccc(C#Cc2cc3c(cc2C)SC(C)(C)CC3(C)C)s1. The summed E-state index contributed by atoms with van der Waals surface area (Å²) in [6.45, 7) is 13.9. The molecule has 0 fully saturated rings. The fraction of sp³-hybridized carbons (Fsp3) is 0.519. The molecule has 4 heteroatoms. The molecule has 1 aromatic heterocycles. The van der Waals surface area contributed by atoms with Gasteiger partial charge in [0.15, 0.2) is 0 Å². The summed E-state index contributed by atoms with van der Waals surface area (Å²) < 4.78 is 5.25. The van der Waals surface area contributed by atoms with Crippen molar-refractivity contribution in [2.75, 3.05) is 6.61 Å². The van der Waals surface area contributed by atoms with Gasteiger partial charge in [-0.2, -0.15) is 0 Å². The first kappa shape index (κ1) is 24.0. The molecule has 2 heterocycles. The lowest BCUT2D eigenvalue weighted by atomic mass is 9.76.